The number of para-hydroxylation sites is 1. The maximum Gasteiger partial charge on any atom is 0.404 e. The molecular formula is C21H20F3N3O4. The molecule has 1 heterocycles. The summed E-state index contributed by atoms with van der Waals surface area (Å²) in [4.78, 5) is 39.2. The predicted molar refractivity (Wildman–Crippen MR) is 105 cm³/mol. The summed E-state index contributed by atoms with van der Waals surface area (Å²) in [7, 11) is 1.59. The van der Waals surface area contributed by atoms with E-state index in [1.165, 1.54) is 9.80 Å². The Morgan fingerprint density at radius 3 is 2.48 bits per heavy atom. The molecule has 3 amide bonds. The molecule has 0 saturated carbocycles. The van der Waals surface area contributed by atoms with Crippen LogP contribution in [0.4, 0.5) is 23.7 Å². The van der Waals surface area contributed by atoms with Crippen LogP contribution in [0.5, 0.6) is 0 Å². The fourth-order valence-electron chi connectivity index (χ4n) is 3.49. The van der Waals surface area contributed by atoms with Crippen LogP contribution in [0, 0.1) is 17.5 Å². The van der Waals surface area contributed by atoms with Crippen LogP contribution in [0.3, 0.4) is 0 Å². The molecule has 0 aliphatic carbocycles. The van der Waals surface area contributed by atoms with E-state index in [9.17, 15) is 27.6 Å². The number of rotatable bonds is 5. The van der Waals surface area contributed by atoms with Crippen molar-refractivity contribution in [1.82, 2.24) is 10.2 Å². The predicted octanol–water partition coefficient (Wildman–Crippen LogP) is 2.68. The van der Waals surface area contributed by atoms with E-state index >= 15 is 0 Å². The van der Waals surface area contributed by atoms with Crippen LogP contribution >= 0.6 is 0 Å². The Balaban J connectivity index is 1.80. The third-order valence-electron chi connectivity index (χ3n) is 5.07. The molecule has 7 nitrogen and oxygen atoms in total. The summed E-state index contributed by atoms with van der Waals surface area (Å²) in [5, 5.41) is 11.2. The minimum Gasteiger partial charge on any atom is -0.465 e. The summed E-state index contributed by atoms with van der Waals surface area (Å²) in [5.74, 6) is -4.57. The van der Waals surface area contributed by atoms with Gasteiger partial charge in [0.2, 0.25) is 11.8 Å². The third-order valence-corrected chi connectivity index (χ3v) is 5.07. The SMILES string of the molecule is CN1C(=O)CN(C(=O)C[C@@H](Cc2cc(F)c(F)cc2F)NC(=O)O)Cc2ccccc21. The van der Waals surface area contributed by atoms with Gasteiger partial charge in [0.1, 0.15) is 12.4 Å². The molecule has 2 N–H and O–H groups in total. The lowest BCUT2D eigenvalue weighted by atomic mass is 10.0. The molecule has 31 heavy (non-hydrogen) atoms. The zero-order chi connectivity index (χ0) is 22.7. The largest absolute Gasteiger partial charge is 0.465 e. The molecule has 0 radical (unpaired) electrons. The number of likely N-dealkylation sites (N-methyl/N-ethyl adjacent to an activating group) is 1. The van der Waals surface area contributed by atoms with Gasteiger partial charge in [-0.2, -0.15) is 0 Å². The van der Waals surface area contributed by atoms with Crippen molar-refractivity contribution in [1.29, 1.82) is 0 Å². The Kier molecular flexibility index (Phi) is 6.47. The smallest absolute Gasteiger partial charge is 0.404 e. The van der Waals surface area contributed by atoms with Gasteiger partial charge in [0.15, 0.2) is 11.6 Å². The van der Waals surface area contributed by atoms with Crippen LogP contribution in [-0.4, -0.2) is 47.5 Å². The number of carbonyl (C=O) groups excluding carboxylic acids is 2. The number of hydrogen-bond donors (Lipinski definition) is 2. The fraction of sp³-hybridized carbons (Fsp3) is 0.286. The molecule has 0 unspecified atom stereocenters. The molecule has 0 aromatic heterocycles. The molecule has 0 spiro atoms. The molecule has 10 heteroatoms. The van der Waals surface area contributed by atoms with Crippen LogP contribution < -0.4 is 10.2 Å². The zero-order valence-electron chi connectivity index (χ0n) is 16.6. The molecular weight excluding hydrogens is 415 g/mol. The first-order chi connectivity index (χ1) is 14.7. The van der Waals surface area contributed by atoms with Gasteiger partial charge in [-0.1, -0.05) is 18.2 Å². The van der Waals surface area contributed by atoms with Crippen molar-refractivity contribution in [3.05, 3.63) is 65.0 Å². The molecule has 1 aliphatic heterocycles. The van der Waals surface area contributed by atoms with Gasteiger partial charge in [-0.3, -0.25) is 9.59 Å². The number of carboxylic acid groups (broad SMARTS) is 1. The van der Waals surface area contributed by atoms with E-state index in [4.69, 9.17) is 5.11 Å². The van der Waals surface area contributed by atoms with E-state index in [1.807, 2.05) is 0 Å². The highest BCUT2D eigenvalue weighted by molar-refractivity contribution is 5.98. The Hall–Kier alpha value is -3.56. The lowest BCUT2D eigenvalue weighted by Gasteiger charge is -2.24. The van der Waals surface area contributed by atoms with E-state index in [0.29, 0.717) is 17.8 Å². The topological polar surface area (TPSA) is 90.0 Å². The average Bonchev–Trinajstić information content (AvgIpc) is 2.82. The first-order valence-corrected chi connectivity index (χ1v) is 9.40. The maximum absolute atomic E-state index is 14.0. The number of carbonyl (C=O) groups is 3. The number of anilines is 1. The van der Waals surface area contributed by atoms with Crippen molar-refractivity contribution >= 4 is 23.6 Å². The van der Waals surface area contributed by atoms with Crippen LogP contribution in [-0.2, 0) is 22.6 Å². The fourth-order valence-corrected chi connectivity index (χ4v) is 3.49. The summed E-state index contributed by atoms with van der Waals surface area (Å²) in [6.07, 6.45) is -2.23. The molecule has 0 fully saturated rings. The zero-order valence-corrected chi connectivity index (χ0v) is 16.6. The minimum absolute atomic E-state index is 0.129. The molecule has 3 rings (SSSR count). The molecule has 2 aromatic rings. The highest BCUT2D eigenvalue weighted by atomic mass is 19.2. The number of halogens is 3. The van der Waals surface area contributed by atoms with E-state index in [-0.39, 0.29) is 31.0 Å². The Labute approximate surface area is 176 Å². The summed E-state index contributed by atoms with van der Waals surface area (Å²) in [6.45, 7) is -0.0895. The maximum atomic E-state index is 14.0. The first-order valence-electron chi connectivity index (χ1n) is 9.40. The Morgan fingerprint density at radius 2 is 1.77 bits per heavy atom. The average molecular weight is 435 g/mol. The van der Waals surface area contributed by atoms with Gasteiger partial charge in [-0.15, -0.1) is 0 Å². The van der Waals surface area contributed by atoms with E-state index in [1.54, 1.807) is 31.3 Å². The number of hydrogen-bond acceptors (Lipinski definition) is 3. The normalized spacial score (nSPS) is 14.6. The third kappa shape index (κ3) is 5.14. The van der Waals surface area contributed by atoms with E-state index in [2.05, 4.69) is 5.32 Å². The van der Waals surface area contributed by atoms with Crippen molar-refractivity contribution < 1.29 is 32.7 Å². The lowest BCUT2D eigenvalue weighted by Crippen LogP contribution is -2.43. The van der Waals surface area contributed by atoms with Gasteiger partial charge in [0, 0.05) is 37.8 Å². The number of amides is 3. The summed E-state index contributed by atoms with van der Waals surface area (Å²) in [5.41, 5.74) is 1.12. The van der Waals surface area contributed by atoms with Gasteiger partial charge in [0.25, 0.3) is 0 Å². The van der Waals surface area contributed by atoms with Gasteiger partial charge < -0.3 is 20.2 Å². The van der Waals surface area contributed by atoms with Gasteiger partial charge in [0.05, 0.1) is 0 Å². The van der Waals surface area contributed by atoms with Crippen LogP contribution in [0.15, 0.2) is 36.4 Å². The number of nitrogens with zero attached hydrogens (tertiary/aromatic N) is 2. The highest BCUT2D eigenvalue weighted by Gasteiger charge is 2.29. The second kappa shape index (κ2) is 9.07. The molecule has 1 aliphatic rings. The van der Waals surface area contributed by atoms with Crippen LogP contribution in [0.25, 0.3) is 0 Å². The molecule has 164 valence electrons. The monoisotopic (exact) mass is 435 g/mol. The van der Waals surface area contributed by atoms with Gasteiger partial charge >= 0.3 is 6.09 Å². The molecule has 0 saturated heterocycles. The van der Waals surface area contributed by atoms with Crippen molar-refractivity contribution in [2.24, 2.45) is 0 Å². The number of benzene rings is 2. The number of fused-ring (bicyclic) bond motifs is 1. The first kappa shape index (κ1) is 22.1. The van der Waals surface area contributed by atoms with Crippen molar-refractivity contribution in [3.8, 4) is 0 Å². The second-order valence-electron chi connectivity index (χ2n) is 7.24. The van der Waals surface area contributed by atoms with Crippen LogP contribution in [0.2, 0.25) is 0 Å². The standard InChI is InChI=1S/C21H20F3N3O4/c1-26-18-5-3-2-4-12(18)10-27(11-20(26)29)19(28)8-14(25-21(30)31)6-13-7-16(23)17(24)9-15(13)22/h2-5,7,9,14,25H,6,8,10-11H2,1H3,(H,30,31)/t14-/m1/s1. The Bertz CT molecular complexity index is 1030. The second-order valence-corrected chi connectivity index (χ2v) is 7.24. The summed E-state index contributed by atoms with van der Waals surface area (Å²) >= 11 is 0. The minimum atomic E-state index is -1.46. The summed E-state index contributed by atoms with van der Waals surface area (Å²) in [6, 6.07) is 6.94. The quantitative estimate of drug-likeness (QED) is 0.707. The van der Waals surface area contributed by atoms with Crippen molar-refractivity contribution in [3.63, 3.8) is 0 Å². The van der Waals surface area contributed by atoms with Crippen molar-refractivity contribution in [2.75, 3.05) is 18.5 Å². The van der Waals surface area contributed by atoms with Crippen LogP contribution in [0.1, 0.15) is 17.5 Å². The molecule has 1 atom stereocenters. The van der Waals surface area contributed by atoms with Crippen molar-refractivity contribution in [2.45, 2.75) is 25.4 Å². The van der Waals surface area contributed by atoms with E-state index < -0.39 is 41.9 Å². The number of nitrogens with one attached hydrogen (secondary N) is 1. The lowest BCUT2D eigenvalue weighted by molar-refractivity contribution is -0.135. The Morgan fingerprint density at radius 1 is 1.10 bits per heavy atom. The van der Waals surface area contributed by atoms with Gasteiger partial charge in [-0.05, 0) is 29.7 Å². The molecule has 2 aromatic carbocycles. The van der Waals surface area contributed by atoms with E-state index in [0.717, 1.165) is 5.56 Å². The molecule has 0 bridgehead atoms. The van der Waals surface area contributed by atoms with Gasteiger partial charge in [-0.25, -0.2) is 18.0 Å². The highest BCUT2D eigenvalue weighted by Crippen LogP contribution is 2.25. The summed E-state index contributed by atoms with van der Waals surface area (Å²) < 4.78 is 40.7.